The van der Waals surface area contributed by atoms with Crippen molar-refractivity contribution in [2.75, 3.05) is 25.5 Å². The van der Waals surface area contributed by atoms with Crippen LogP contribution in [0.3, 0.4) is 0 Å². The summed E-state index contributed by atoms with van der Waals surface area (Å²) in [5.74, 6) is 0. The summed E-state index contributed by atoms with van der Waals surface area (Å²) < 4.78 is 0. The van der Waals surface area contributed by atoms with E-state index in [1.165, 1.54) is 11.4 Å². The molecule has 7 heteroatoms. The lowest BCUT2D eigenvalue weighted by Crippen LogP contribution is -2.43. The molecule has 0 aromatic carbocycles. The van der Waals surface area contributed by atoms with Gasteiger partial charge in [-0.3, -0.25) is 9.88 Å². The number of nitrogens with zero attached hydrogens (tertiary/aromatic N) is 4. The lowest BCUT2D eigenvalue weighted by Gasteiger charge is -2.34. The van der Waals surface area contributed by atoms with Crippen molar-refractivity contribution in [3.8, 4) is 0 Å². The Bertz CT molecular complexity index is 770. The van der Waals surface area contributed by atoms with Crippen molar-refractivity contribution in [3.63, 3.8) is 0 Å². The number of piperidine rings is 1. The molecule has 1 spiro atoms. The van der Waals surface area contributed by atoms with Crippen LogP contribution in [0.15, 0.2) is 30.0 Å². The van der Waals surface area contributed by atoms with E-state index in [0.717, 1.165) is 43.7 Å². The molecule has 26 heavy (non-hydrogen) atoms. The van der Waals surface area contributed by atoms with Crippen LogP contribution in [0.25, 0.3) is 0 Å². The molecule has 138 valence electrons. The molecule has 1 N–H and O–H groups in total. The van der Waals surface area contributed by atoms with Gasteiger partial charge in [-0.05, 0) is 50.3 Å². The van der Waals surface area contributed by atoms with Crippen molar-refractivity contribution in [1.82, 2.24) is 19.8 Å². The Morgan fingerprint density at radius 2 is 2.23 bits per heavy atom. The predicted octanol–water partition coefficient (Wildman–Crippen LogP) is 3.36. The van der Waals surface area contributed by atoms with E-state index >= 15 is 0 Å². The number of thiazole rings is 1. The maximum Gasteiger partial charge on any atom is 0.321 e. The number of likely N-dealkylation sites (tertiary alicyclic amines) is 1. The molecule has 1 aliphatic heterocycles. The van der Waals surface area contributed by atoms with Crippen molar-refractivity contribution in [2.24, 2.45) is 5.41 Å². The minimum atomic E-state index is 0.00231. The highest BCUT2D eigenvalue weighted by molar-refractivity contribution is 7.09. The van der Waals surface area contributed by atoms with E-state index in [0.29, 0.717) is 11.5 Å². The lowest BCUT2D eigenvalue weighted by molar-refractivity contribution is 0.157. The average Bonchev–Trinajstić information content (AvgIpc) is 3.09. The minimum Gasteiger partial charge on any atom is -0.324 e. The molecular weight excluding hydrogens is 346 g/mol. The number of anilines is 1. The van der Waals surface area contributed by atoms with E-state index < -0.39 is 0 Å². The summed E-state index contributed by atoms with van der Waals surface area (Å²) in [5.41, 5.74) is 2.23. The number of carbonyl (C=O) groups is 1. The van der Waals surface area contributed by atoms with Gasteiger partial charge >= 0.3 is 6.03 Å². The topological polar surface area (TPSA) is 61.4 Å². The summed E-state index contributed by atoms with van der Waals surface area (Å²) in [6.07, 6.45) is 8.77. The molecule has 3 heterocycles. The van der Waals surface area contributed by atoms with Gasteiger partial charge in [0.15, 0.2) is 0 Å². The standard InChI is InChI=1S/C19H25N5OS/c1-14-12-20-6-3-15(14)22-18(25)24-8-4-19(5-9-24)11-16(19)23(2)13-17-21-7-10-26-17/h3,6-7,10,12,16H,4-5,8-9,11,13H2,1-2H3,(H,20,22,25)/t16-/m0/s1. The summed E-state index contributed by atoms with van der Waals surface area (Å²) in [6.45, 7) is 4.55. The zero-order valence-electron chi connectivity index (χ0n) is 15.3. The number of amides is 2. The maximum absolute atomic E-state index is 12.6. The van der Waals surface area contributed by atoms with Crippen LogP contribution < -0.4 is 5.32 Å². The van der Waals surface area contributed by atoms with Crippen molar-refractivity contribution < 1.29 is 4.79 Å². The summed E-state index contributed by atoms with van der Waals surface area (Å²) in [5, 5.41) is 6.24. The highest BCUT2D eigenvalue weighted by atomic mass is 32.1. The van der Waals surface area contributed by atoms with E-state index in [4.69, 9.17) is 0 Å². The largest absolute Gasteiger partial charge is 0.324 e. The first kappa shape index (κ1) is 17.4. The molecule has 0 radical (unpaired) electrons. The van der Waals surface area contributed by atoms with Gasteiger partial charge in [-0.15, -0.1) is 11.3 Å². The Hall–Kier alpha value is -1.99. The molecule has 4 rings (SSSR count). The Balaban J connectivity index is 1.29. The van der Waals surface area contributed by atoms with Crippen molar-refractivity contribution in [3.05, 3.63) is 40.6 Å². The fourth-order valence-electron chi connectivity index (χ4n) is 4.10. The Kier molecular flexibility index (Phi) is 4.67. The van der Waals surface area contributed by atoms with Gasteiger partial charge in [0.2, 0.25) is 0 Å². The van der Waals surface area contributed by atoms with Gasteiger partial charge in [0.05, 0.1) is 6.54 Å². The van der Waals surface area contributed by atoms with Gasteiger partial charge in [-0.2, -0.15) is 0 Å². The summed E-state index contributed by atoms with van der Waals surface area (Å²) >= 11 is 1.72. The average molecular weight is 372 g/mol. The molecule has 2 amide bonds. The van der Waals surface area contributed by atoms with Crippen LogP contribution >= 0.6 is 11.3 Å². The first-order valence-corrected chi connectivity index (χ1v) is 10.0. The molecule has 1 aliphatic carbocycles. The number of hydrogen-bond donors (Lipinski definition) is 1. The first-order chi connectivity index (χ1) is 12.6. The molecule has 2 aromatic rings. The van der Waals surface area contributed by atoms with Crippen LogP contribution in [0, 0.1) is 12.3 Å². The van der Waals surface area contributed by atoms with Crippen LogP contribution in [0.4, 0.5) is 10.5 Å². The van der Waals surface area contributed by atoms with Crippen LogP contribution in [-0.2, 0) is 6.54 Å². The van der Waals surface area contributed by atoms with Gasteiger partial charge in [0, 0.05) is 48.8 Å². The second-order valence-electron chi connectivity index (χ2n) is 7.53. The highest BCUT2D eigenvalue weighted by Crippen LogP contribution is 2.56. The third-order valence-electron chi connectivity index (χ3n) is 5.86. The van der Waals surface area contributed by atoms with Gasteiger partial charge < -0.3 is 10.2 Å². The summed E-state index contributed by atoms with van der Waals surface area (Å²) in [4.78, 5) is 25.4. The van der Waals surface area contributed by atoms with Gasteiger partial charge in [-0.1, -0.05) is 0 Å². The number of urea groups is 1. The quantitative estimate of drug-likeness (QED) is 0.895. The number of aromatic nitrogens is 2. The number of carbonyl (C=O) groups excluding carboxylic acids is 1. The van der Waals surface area contributed by atoms with Crippen molar-refractivity contribution in [2.45, 2.75) is 38.8 Å². The van der Waals surface area contributed by atoms with E-state index in [1.807, 2.05) is 29.5 Å². The molecule has 1 atom stereocenters. The van der Waals surface area contributed by atoms with Gasteiger partial charge in [-0.25, -0.2) is 9.78 Å². The molecule has 2 aliphatic rings. The van der Waals surface area contributed by atoms with E-state index in [-0.39, 0.29) is 6.03 Å². The van der Waals surface area contributed by atoms with Crippen molar-refractivity contribution in [1.29, 1.82) is 0 Å². The molecule has 0 bridgehead atoms. The van der Waals surface area contributed by atoms with E-state index in [9.17, 15) is 4.79 Å². The highest BCUT2D eigenvalue weighted by Gasteiger charge is 2.56. The van der Waals surface area contributed by atoms with Crippen LogP contribution in [0.2, 0.25) is 0 Å². The zero-order chi connectivity index (χ0) is 18.1. The van der Waals surface area contributed by atoms with Crippen LogP contribution in [0.1, 0.15) is 29.8 Å². The first-order valence-electron chi connectivity index (χ1n) is 9.13. The molecular formula is C19H25N5OS. The summed E-state index contributed by atoms with van der Waals surface area (Å²) in [6, 6.07) is 2.48. The molecule has 2 fully saturated rings. The van der Waals surface area contributed by atoms with Crippen LogP contribution in [-0.4, -0.2) is 52.0 Å². The molecule has 1 saturated carbocycles. The normalized spacial score (nSPS) is 21.2. The third kappa shape index (κ3) is 3.46. The predicted molar refractivity (Wildman–Crippen MR) is 103 cm³/mol. The Morgan fingerprint density at radius 3 is 2.92 bits per heavy atom. The van der Waals surface area contributed by atoms with Crippen molar-refractivity contribution >= 4 is 23.1 Å². The third-order valence-corrected chi connectivity index (χ3v) is 6.62. The molecule has 1 saturated heterocycles. The van der Waals surface area contributed by atoms with E-state index in [2.05, 4.69) is 27.2 Å². The number of pyridine rings is 1. The van der Waals surface area contributed by atoms with Crippen LogP contribution in [0.5, 0.6) is 0 Å². The maximum atomic E-state index is 12.6. The number of aryl methyl sites for hydroxylation is 1. The second kappa shape index (κ2) is 6.96. The SMILES string of the molecule is Cc1cnccc1NC(=O)N1CCC2(CC1)C[C@@H]2N(C)Cc1nccs1. The second-order valence-corrected chi connectivity index (χ2v) is 8.51. The summed E-state index contributed by atoms with van der Waals surface area (Å²) in [7, 11) is 2.20. The monoisotopic (exact) mass is 371 g/mol. The van der Waals surface area contributed by atoms with Gasteiger partial charge in [0.1, 0.15) is 5.01 Å². The molecule has 0 unspecified atom stereocenters. The Morgan fingerprint density at radius 1 is 1.42 bits per heavy atom. The molecule has 6 nitrogen and oxygen atoms in total. The fourth-order valence-corrected chi connectivity index (χ4v) is 4.78. The lowest BCUT2D eigenvalue weighted by atomic mass is 9.92. The number of hydrogen-bond acceptors (Lipinski definition) is 5. The van der Waals surface area contributed by atoms with Gasteiger partial charge in [0.25, 0.3) is 0 Å². The van der Waals surface area contributed by atoms with E-state index in [1.54, 1.807) is 23.7 Å². The Labute approximate surface area is 158 Å². The fraction of sp³-hybridized carbons (Fsp3) is 0.526. The molecule has 2 aromatic heterocycles. The number of rotatable bonds is 4. The minimum absolute atomic E-state index is 0.00231. The smallest absolute Gasteiger partial charge is 0.321 e. The number of nitrogens with one attached hydrogen (secondary N) is 1. The zero-order valence-corrected chi connectivity index (χ0v) is 16.1.